The molecular weight excluding hydrogens is 370 g/mol. The van der Waals surface area contributed by atoms with Crippen LogP contribution in [0.3, 0.4) is 0 Å². The lowest BCUT2D eigenvalue weighted by atomic mass is 10.0. The van der Waals surface area contributed by atoms with Gasteiger partial charge in [0, 0.05) is 18.3 Å². The summed E-state index contributed by atoms with van der Waals surface area (Å²) in [5.74, 6) is -0.637. The first-order valence-electron chi connectivity index (χ1n) is 8.51. The molecule has 1 aliphatic rings. The number of hydrogen-bond donors (Lipinski definition) is 1. The van der Waals surface area contributed by atoms with Crippen molar-refractivity contribution in [1.29, 1.82) is 0 Å². The molecule has 0 saturated carbocycles. The van der Waals surface area contributed by atoms with Gasteiger partial charge in [-0.15, -0.1) is 0 Å². The van der Waals surface area contributed by atoms with Crippen LogP contribution in [0.4, 0.5) is 17.1 Å². The summed E-state index contributed by atoms with van der Waals surface area (Å²) in [6.45, 7) is 1.98. The van der Waals surface area contributed by atoms with Crippen LogP contribution >= 0.6 is 0 Å². The highest BCUT2D eigenvalue weighted by Crippen LogP contribution is 2.32. The van der Waals surface area contributed by atoms with Crippen LogP contribution in [0.25, 0.3) is 0 Å². The maximum Gasteiger partial charge on any atom is 0.282 e. The van der Waals surface area contributed by atoms with Crippen LogP contribution in [-0.2, 0) is 16.4 Å². The first kappa shape index (κ1) is 18.8. The molecule has 0 unspecified atom stereocenters. The van der Waals surface area contributed by atoms with E-state index < -0.39 is 20.9 Å². The topological polar surface area (TPSA) is 110 Å². The molecule has 8 nitrogen and oxygen atoms in total. The normalized spacial score (nSPS) is 13.7. The van der Waals surface area contributed by atoms with E-state index in [1.165, 1.54) is 22.5 Å². The fraction of sp³-hybridized carbons (Fsp3) is 0.278. The Hall–Kier alpha value is -2.94. The Morgan fingerprint density at radius 1 is 1.26 bits per heavy atom. The molecule has 1 aliphatic heterocycles. The zero-order valence-electron chi connectivity index (χ0n) is 14.7. The number of para-hydroxylation sites is 1. The van der Waals surface area contributed by atoms with Crippen LogP contribution in [0.15, 0.2) is 42.5 Å². The zero-order valence-corrected chi connectivity index (χ0v) is 15.5. The third kappa shape index (κ3) is 3.77. The number of aryl methyl sites for hydroxylation is 1. The van der Waals surface area contributed by atoms with Gasteiger partial charge in [0.25, 0.3) is 11.6 Å². The molecule has 3 rings (SSSR count). The lowest BCUT2D eigenvalue weighted by Crippen LogP contribution is -2.36. The molecule has 1 amide bonds. The van der Waals surface area contributed by atoms with Crippen LogP contribution in [0.2, 0.25) is 0 Å². The SMILES string of the molecule is CCS(=O)(=O)N1CCCc2ccc(NC(=O)c3ccccc3[N+](=O)[O-])cc21. The van der Waals surface area contributed by atoms with Crippen molar-refractivity contribution in [3.05, 3.63) is 63.7 Å². The average Bonchev–Trinajstić information content (AvgIpc) is 2.67. The summed E-state index contributed by atoms with van der Waals surface area (Å²) in [6.07, 6.45) is 1.48. The largest absolute Gasteiger partial charge is 0.322 e. The highest BCUT2D eigenvalue weighted by atomic mass is 32.2. The molecule has 27 heavy (non-hydrogen) atoms. The molecule has 2 aromatic rings. The number of nitrogens with one attached hydrogen (secondary N) is 1. The van der Waals surface area contributed by atoms with Gasteiger partial charge in [-0.1, -0.05) is 18.2 Å². The smallest absolute Gasteiger partial charge is 0.282 e. The number of carbonyl (C=O) groups excluding carboxylic acids is 1. The molecule has 0 fully saturated rings. The number of nitro groups is 1. The van der Waals surface area contributed by atoms with Gasteiger partial charge in [0.05, 0.1) is 16.4 Å². The molecule has 1 N–H and O–H groups in total. The van der Waals surface area contributed by atoms with Crippen LogP contribution < -0.4 is 9.62 Å². The lowest BCUT2D eigenvalue weighted by molar-refractivity contribution is -0.385. The maximum atomic E-state index is 12.5. The van der Waals surface area contributed by atoms with Crippen molar-refractivity contribution in [3.8, 4) is 0 Å². The quantitative estimate of drug-likeness (QED) is 0.624. The predicted molar refractivity (Wildman–Crippen MR) is 103 cm³/mol. The number of amides is 1. The van der Waals surface area contributed by atoms with Crippen molar-refractivity contribution in [2.45, 2.75) is 19.8 Å². The first-order chi connectivity index (χ1) is 12.8. The molecule has 0 saturated heterocycles. The van der Waals surface area contributed by atoms with Crippen molar-refractivity contribution in [1.82, 2.24) is 0 Å². The summed E-state index contributed by atoms with van der Waals surface area (Å²) in [5.41, 5.74) is 1.47. The molecule has 0 bridgehead atoms. The van der Waals surface area contributed by atoms with Gasteiger partial charge in [-0.05, 0) is 43.5 Å². The van der Waals surface area contributed by atoms with Crippen molar-refractivity contribution in [2.24, 2.45) is 0 Å². The van der Waals surface area contributed by atoms with Crippen molar-refractivity contribution in [3.63, 3.8) is 0 Å². The Morgan fingerprint density at radius 3 is 2.70 bits per heavy atom. The Labute approximate surface area is 157 Å². The van der Waals surface area contributed by atoms with E-state index >= 15 is 0 Å². The second-order valence-corrected chi connectivity index (χ2v) is 8.33. The van der Waals surface area contributed by atoms with E-state index in [1.807, 2.05) is 0 Å². The highest BCUT2D eigenvalue weighted by Gasteiger charge is 2.27. The van der Waals surface area contributed by atoms with E-state index in [-0.39, 0.29) is 17.0 Å². The molecule has 0 radical (unpaired) electrons. The number of anilines is 2. The molecule has 0 aliphatic carbocycles. The van der Waals surface area contributed by atoms with Gasteiger partial charge in [0.1, 0.15) is 5.56 Å². The van der Waals surface area contributed by atoms with Gasteiger partial charge in [0.2, 0.25) is 10.0 Å². The summed E-state index contributed by atoms with van der Waals surface area (Å²) >= 11 is 0. The first-order valence-corrected chi connectivity index (χ1v) is 10.1. The molecule has 142 valence electrons. The van der Waals surface area contributed by atoms with Gasteiger partial charge in [-0.3, -0.25) is 19.2 Å². The predicted octanol–water partition coefficient (Wildman–Crippen LogP) is 2.95. The number of sulfonamides is 1. The fourth-order valence-electron chi connectivity index (χ4n) is 3.09. The average molecular weight is 389 g/mol. The molecule has 9 heteroatoms. The number of rotatable bonds is 5. The Morgan fingerprint density at radius 2 is 2.00 bits per heavy atom. The number of carbonyl (C=O) groups is 1. The molecule has 2 aromatic carbocycles. The van der Waals surface area contributed by atoms with Gasteiger partial charge < -0.3 is 5.32 Å². The Kier molecular flexibility index (Phi) is 5.13. The van der Waals surface area contributed by atoms with Crippen molar-refractivity contribution in [2.75, 3.05) is 21.9 Å². The summed E-state index contributed by atoms with van der Waals surface area (Å²) < 4.78 is 26.1. The van der Waals surface area contributed by atoms with Crippen LogP contribution in [0, 0.1) is 10.1 Å². The second kappa shape index (κ2) is 7.36. The van der Waals surface area contributed by atoms with E-state index in [2.05, 4.69) is 5.32 Å². The fourth-order valence-corrected chi connectivity index (χ4v) is 4.28. The summed E-state index contributed by atoms with van der Waals surface area (Å²) in [4.78, 5) is 23.0. The van der Waals surface area contributed by atoms with Crippen molar-refractivity contribution >= 4 is 33.0 Å². The van der Waals surface area contributed by atoms with E-state index in [0.717, 1.165) is 18.4 Å². The van der Waals surface area contributed by atoms with E-state index in [9.17, 15) is 23.3 Å². The summed E-state index contributed by atoms with van der Waals surface area (Å²) in [7, 11) is -3.42. The Balaban J connectivity index is 1.93. The molecule has 0 aromatic heterocycles. The summed E-state index contributed by atoms with van der Waals surface area (Å²) in [6, 6.07) is 10.7. The standard InChI is InChI=1S/C18H19N3O5S/c1-2-27(25,26)20-11-5-6-13-9-10-14(12-17(13)20)19-18(22)15-7-3-4-8-16(15)21(23)24/h3-4,7-10,12H,2,5-6,11H2,1H3,(H,19,22). The molecule has 0 spiro atoms. The number of benzene rings is 2. The minimum absolute atomic E-state index is 0.0146. The van der Waals surface area contributed by atoms with E-state index in [1.54, 1.807) is 31.2 Å². The van der Waals surface area contributed by atoms with Crippen LogP contribution in [0.1, 0.15) is 29.3 Å². The number of fused-ring (bicyclic) bond motifs is 1. The van der Waals surface area contributed by atoms with Crippen LogP contribution in [0.5, 0.6) is 0 Å². The monoisotopic (exact) mass is 389 g/mol. The van der Waals surface area contributed by atoms with Gasteiger partial charge in [0.15, 0.2) is 0 Å². The number of nitrogens with zero attached hydrogens (tertiary/aromatic N) is 2. The molecule has 1 heterocycles. The molecule has 0 atom stereocenters. The third-order valence-electron chi connectivity index (χ3n) is 4.47. The molecular formula is C18H19N3O5S. The van der Waals surface area contributed by atoms with Gasteiger partial charge in [-0.2, -0.15) is 0 Å². The lowest BCUT2D eigenvalue weighted by Gasteiger charge is -2.30. The minimum Gasteiger partial charge on any atom is -0.322 e. The second-order valence-electron chi connectivity index (χ2n) is 6.15. The zero-order chi connectivity index (χ0) is 19.6. The van der Waals surface area contributed by atoms with Gasteiger partial charge in [-0.25, -0.2) is 8.42 Å². The summed E-state index contributed by atoms with van der Waals surface area (Å²) in [5, 5.41) is 13.7. The Bertz CT molecular complexity index is 1000. The van der Waals surface area contributed by atoms with E-state index in [4.69, 9.17) is 0 Å². The van der Waals surface area contributed by atoms with Crippen molar-refractivity contribution < 1.29 is 18.1 Å². The third-order valence-corrected chi connectivity index (χ3v) is 6.25. The van der Waals surface area contributed by atoms with Crippen LogP contribution in [-0.4, -0.2) is 31.5 Å². The maximum absolute atomic E-state index is 12.5. The van der Waals surface area contributed by atoms with E-state index in [0.29, 0.717) is 17.9 Å². The number of nitro benzene ring substituents is 1. The number of hydrogen-bond acceptors (Lipinski definition) is 5. The van der Waals surface area contributed by atoms with Gasteiger partial charge >= 0.3 is 0 Å². The highest BCUT2D eigenvalue weighted by molar-refractivity contribution is 7.92. The minimum atomic E-state index is -3.42.